The van der Waals surface area contributed by atoms with Crippen molar-refractivity contribution in [2.24, 2.45) is 5.92 Å². The zero-order valence-electron chi connectivity index (χ0n) is 10.8. The first-order valence-electron chi connectivity index (χ1n) is 6.73. The summed E-state index contributed by atoms with van der Waals surface area (Å²) in [5.41, 5.74) is 1.34. The van der Waals surface area contributed by atoms with Crippen molar-refractivity contribution in [1.29, 1.82) is 0 Å². The molecule has 0 aliphatic heterocycles. The van der Waals surface area contributed by atoms with E-state index in [1.165, 1.54) is 31.2 Å². The van der Waals surface area contributed by atoms with Gasteiger partial charge in [0.15, 0.2) is 0 Å². The maximum atomic E-state index is 10.6. The zero-order chi connectivity index (χ0) is 13.0. The van der Waals surface area contributed by atoms with Crippen LogP contribution in [0.25, 0.3) is 0 Å². The molecule has 1 aromatic rings. The quantitative estimate of drug-likeness (QED) is 0.657. The molecule has 1 aliphatic rings. The lowest BCUT2D eigenvalue weighted by molar-refractivity contribution is -0.712. The van der Waals surface area contributed by atoms with Gasteiger partial charge in [0.25, 0.3) is 5.69 Å². The van der Waals surface area contributed by atoms with E-state index in [-0.39, 0.29) is 10.6 Å². The molecule has 0 saturated heterocycles. The lowest BCUT2D eigenvalue weighted by Crippen LogP contribution is -2.90. The Morgan fingerprint density at radius 3 is 2.56 bits per heavy atom. The third kappa shape index (κ3) is 3.29. The van der Waals surface area contributed by atoms with E-state index >= 15 is 0 Å². The zero-order valence-corrected chi connectivity index (χ0v) is 10.8. The van der Waals surface area contributed by atoms with Crippen LogP contribution in [0.3, 0.4) is 0 Å². The van der Waals surface area contributed by atoms with Gasteiger partial charge in [0.05, 0.1) is 11.0 Å². The molecule has 0 amide bonds. The minimum absolute atomic E-state index is 0.171. The molecule has 4 heteroatoms. The third-order valence-corrected chi connectivity index (χ3v) is 3.98. The highest BCUT2D eigenvalue weighted by atomic mass is 16.6. The van der Waals surface area contributed by atoms with Gasteiger partial charge in [0.1, 0.15) is 6.54 Å². The van der Waals surface area contributed by atoms with Crippen LogP contribution in [0.1, 0.15) is 38.2 Å². The molecular formula is C14H21N2O2+. The average molecular weight is 249 g/mol. The molecule has 0 unspecified atom stereocenters. The van der Waals surface area contributed by atoms with Crippen molar-refractivity contribution in [3.05, 3.63) is 39.9 Å². The van der Waals surface area contributed by atoms with E-state index < -0.39 is 0 Å². The van der Waals surface area contributed by atoms with Gasteiger partial charge in [0, 0.05) is 23.6 Å². The van der Waals surface area contributed by atoms with Crippen LogP contribution in [0.2, 0.25) is 0 Å². The minimum Gasteiger partial charge on any atom is -0.340 e. The van der Waals surface area contributed by atoms with Gasteiger partial charge < -0.3 is 5.32 Å². The van der Waals surface area contributed by atoms with Crippen molar-refractivity contribution in [1.82, 2.24) is 0 Å². The van der Waals surface area contributed by atoms with Gasteiger partial charge in [-0.05, 0) is 31.4 Å². The van der Waals surface area contributed by atoms with E-state index in [1.807, 2.05) is 12.1 Å². The summed E-state index contributed by atoms with van der Waals surface area (Å²) in [6.45, 7) is 3.25. The fourth-order valence-electron chi connectivity index (χ4n) is 2.74. The second-order valence-electron chi connectivity index (χ2n) is 5.29. The molecule has 0 spiro atoms. The standard InChI is InChI=1S/C14H20N2O2/c1-11-4-2-3-5-14(11)15-10-12-6-8-13(9-7-12)16(17)18/h6-9,11,14-15H,2-5,10H2,1H3/p+1/t11-,14-/m0/s1. The third-order valence-electron chi connectivity index (χ3n) is 3.98. The number of hydrogen-bond acceptors (Lipinski definition) is 2. The van der Waals surface area contributed by atoms with Crippen molar-refractivity contribution < 1.29 is 10.2 Å². The van der Waals surface area contributed by atoms with Crippen LogP contribution >= 0.6 is 0 Å². The molecule has 0 aromatic heterocycles. The highest BCUT2D eigenvalue weighted by molar-refractivity contribution is 5.32. The topological polar surface area (TPSA) is 59.8 Å². The number of nitrogens with zero attached hydrogens (tertiary/aromatic N) is 1. The second-order valence-corrected chi connectivity index (χ2v) is 5.29. The average Bonchev–Trinajstić information content (AvgIpc) is 2.38. The van der Waals surface area contributed by atoms with E-state index in [2.05, 4.69) is 12.2 Å². The number of benzene rings is 1. The Morgan fingerprint density at radius 2 is 1.94 bits per heavy atom. The lowest BCUT2D eigenvalue weighted by atomic mass is 9.86. The fourth-order valence-corrected chi connectivity index (χ4v) is 2.74. The summed E-state index contributed by atoms with van der Waals surface area (Å²) in [6, 6.07) is 7.62. The van der Waals surface area contributed by atoms with Crippen LogP contribution in [0, 0.1) is 16.0 Å². The van der Waals surface area contributed by atoms with Gasteiger partial charge in [-0.15, -0.1) is 0 Å². The Labute approximate surface area is 108 Å². The lowest BCUT2D eigenvalue weighted by Gasteiger charge is -2.26. The Bertz CT molecular complexity index is 403. The molecule has 0 bridgehead atoms. The van der Waals surface area contributed by atoms with E-state index in [0.717, 1.165) is 12.5 Å². The highest BCUT2D eigenvalue weighted by Gasteiger charge is 2.23. The first-order valence-corrected chi connectivity index (χ1v) is 6.73. The van der Waals surface area contributed by atoms with Crippen LogP contribution in [-0.4, -0.2) is 11.0 Å². The van der Waals surface area contributed by atoms with Gasteiger partial charge in [-0.25, -0.2) is 0 Å². The van der Waals surface area contributed by atoms with Crippen LogP contribution < -0.4 is 5.32 Å². The number of nitrogens with two attached hydrogens (primary N) is 1. The van der Waals surface area contributed by atoms with Crippen LogP contribution in [0.4, 0.5) is 5.69 Å². The van der Waals surface area contributed by atoms with Crippen molar-refractivity contribution in [2.75, 3.05) is 0 Å². The fraction of sp³-hybridized carbons (Fsp3) is 0.571. The van der Waals surface area contributed by atoms with Crippen molar-refractivity contribution in [2.45, 2.75) is 45.2 Å². The van der Waals surface area contributed by atoms with Crippen LogP contribution in [0.15, 0.2) is 24.3 Å². The predicted molar refractivity (Wildman–Crippen MR) is 70.1 cm³/mol. The molecular weight excluding hydrogens is 228 g/mol. The smallest absolute Gasteiger partial charge is 0.269 e. The van der Waals surface area contributed by atoms with Gasteiger partial charge in [-0.2, -0.15) is 0 Å². The van der Waals surface area contributed by atoms with E-state index in [4.69, 9.17) is 0 Å². The molecule has 98 valence electrons. The first-order chi connectivity index (χ1) is 8.66. The Kier molecular flexibility index (Phi) is 4.31. The van der Waals surface area contributed by atoms with Gasteiger partial charge in [-0.3, -0.25) is 10.1 Å². The summed E-state index contributed by atoms with van der Waals surface area (Å²) in [5.74, 6) is 0.789. The van der Waals surface area contributed by atoms with E-state index in [1.54, 1.807) is 12.1 Å². The number of nitro groups is 1. The summed E-state index contributed by atoms with van der Waals surface area (Å²) >= 11 is 0. The van der Waals surface area contributed by atoms with Gasteiger partial charge in [-0.1, -0.05) is 13.3 Å². The maximum Gasteiger partial charge on any atom is 0.269 e. The predicted octanol–water partition coefficient (Wildman–Crippen LogP) is 2.24. The normalized spacial score (nSPS) is 23.8. The molecule has 2 rings (SSSR count). The van der Waals surface area contributed by atoms with Crippen LogP contribution in [-0.2, 0) is 6.54 Å². The Hall–Kier alpha value is -1.42. The molecule has 1 aromatic carbocycles. The second kappa shape index (κ2) is 5.96. The number of nitro benzene ring substituents is 1. The maximum absolute atomic E-state index is 10.6. The molecule has 1 fully saturated rings. The van der Waals surface area contributed by atoms with Crippen LogP contribution in [0.5, 0.6) is 0 Å². The van der Waals surface area contributed by atoms with Gasteiger partial charge >= 0.3 is 0 Å². The Morgan fingerprint density at radius 1 is 1.28 bits per heavy atom. The van der Waals surface area contributed by atoms with E-state index in [9.17, 15) is 10.1 Å². The van der Waals surface area contributed by atoms with Crippen molar-refractivity contribution in [3.63, 3.8) is 0 Å². The molecule has 2 atom stereocenters. The molecule has 0 heterocycles. The summed E-state index contributed by atoms with van der Waals surface area (Å²) in [7, 11) is 0. The molecule has 0 radical (unpaired) electrons. The molecule has 2 N–H and O–H groups in total. The number of rotatable bonds is 4. The molecule has 1 saturated carbocycles. The summed E-state index contributed by atoms with van der Waals surface area (Å²) in [4.78, 5) is 10.2. The number of quaternary nitrogens is 1. The van der Waals surface area contributed by atoms with E-state index in [0.29, 0.717) is 6.04 Å². The summed E-state index contributed by atoms with van der Waals surface area (Å²) in [6.07, 6.45) is 5.34. The number of non-ortho nitro benzene ring substituents is 1. The molecule has 1 aliphatic carbocycles. The number of hydrogen-bond donors (Lipinski definition) is 1. The minimum atomic E-state index is -0.350. The monoisotopic (exact) mass is 249 g/mol. The Balaban J connectivity index is 1.87. The SMILES string of the molecule is C[C@H]1CCCC[C@@H]1[NH2+]Cc1ccc([N+](=O)[O-])cc1. The molecule has 4 nitrogen and oxygen atoms in total. The first kappa shape index (κ1) is 13.0. The molecule has 18 heavy (non-hydrogen) atoms. The highest BCUT2D eigenvalue weighted by Crippen LogP contribution is 2.21. The van der Waals surface area contributed by atoms with Gasteiger partial charge in [0.2, 0.25) is 0 Å². The van der Waals surface area contributed by atoms with Crippen molar-refractivity contribution >= 4 is 5.69 Å². The van der Waals surface area contributed by atoms with Crippen molar-refractivity contribution in [3.8, 4) is 0 Å². The largest absolute Gasteiger partial charge is 0.340 e. The summed E-state index contributed by atoms with van der Waals surface area (Å²) < 4.78 is 0. The summed E-state index contributed by atoms with van der Waals surface area (Å²) in [5, 5.41) is 13.0.